The third-order valence-corrected chi connectivity index (χ3v) is 4.17. The molecular weight excluding hydrogens is 276 g/mol. The predicted octanol–water partition coefficient (Wildman–Crippen LogP) is 1.48. The van der Waals surface area contributed by atoms with Crippen molar-refractivity contribution in [1.82, 2.24) is 0 Å². The van der Waals surface area contributed by atoms with Crippen LogP contribution < -0.4 is 0 Å². The van der Waals surface area contributed by atoms with E-state index in [1.165, 1.54) is 6.92 Å². The van der Waals surface area contributed by atoms with E-state index in [1.54, 1.807) is 0 Å². The van der Waals surface area contributed by atoms with E-state index in [2.05, 4.69) is 6.92 Å². The van der Waals surface area contributed by atoms with Crippen molar-refractivity contribution in [2.24, 2.45) is 0 Å². The zero-order valence-electron chi connectivity index (χ0n) is 12.3. The number of carbonyl (C=O) groups is 2. The fourth-order valence-electron chi connectivity index (χ4n) is 3.27. The molecule has 0 N–H and O–H groups in total. The Bertz CT molecular complexity index is 496. The highest BCUT2D eigenvalue weighted by molar-refractivity contribution is 5.94. The predicted molar refractivity (Wildman–Crippen MR) is 71.2 cm³/mol. The first-order valence-electron chi connectivity index (χ1n) is 7.47. The lowest BCUT2D eigenvalue weighted by Gasteiger charge is -2.34. The molecule has 6 nitrogen and oxygen atoms in total. The van der Waals surface area contributed by atoms with Crippen LogP contribution in [0.2, 0.25) is 0 Å². The van der Waals surface area contributed by atoms with E-state index in [1.807, 2.05) is 0 Å². The number of carbonyl (C=O) groups excluding carboxylic acids is 2. The number of fused-ring (bicyclic) bond motifs is 3. The van der Waals surface area contributed by atoms with Crippen LogP contribution >= 0.6 is 0 Å². The average molecular weight is 296 g/mol. The Balaban J connectivity index is 1.91. The van der Waals surface area contributed by atoms with Crippen LogP contribution in [0.1, 0.15) is 39.5 Å². The molecular formula is C15H20O6. The monoisotopic (exact) mass is 296 g/mol. The van der Waals surface area contributed by atoms with E-state index in [4.69, 9.17) is 18.9 Å². The van der Waals surface area contributed by atoms with Gasteiger partial charge in [-0.05, 0) is 6.42 Å². The molecule has 0 aromatic heterocycles. The maximum Gasteiger partial charge on any atom is 0.340 e. The molecule has 3 aliphatic rings. The first-order chi connectivity index (χ1) is 10.1. The number of ether oxygens (including phenoxy) is 4. The minimum Gasteiger partial charge on any atom is -0.457 e. The molecule has 0 unspecified atom stereocenters. The van der Waals surface area contributed by atoms with Gasteiger partial charge < -0.3 is 18.9 Å². The average Bonchev–Trinajstić information content (AvgIpc) is 2.99. The second-order valence-electron chi connectivity index (χ2n) is 5.68. The molecule has 0 aliphatic carbocycles. The topological polar surface area (TPSA) is 71.1 Å². The third-order valence-electron chi connectivity index (χ3n) is 4.17. The molecule has 116 valence electrons. The van der Waals surface area contributed by atoms with Crippen LogP contribution in [0.3, 0.4) is 0 Å². The van der Waals surface area contributed by atoms with Crippen LogP contribution in [0, 0.1) is 0 Å². The SMILES string of the molecule is CCCCC[C@@]12OC[C@@H](O1)[C@H](OC(C)=O)C1=C2C(=O)OC1. The summed E-state index contributed by atoms with van der Waals surface area (Å²) in [6.07, 6.45) is 2.72. The lowest BCUT2D eigenvalue weighted by atomic mass is 9.90. The van der Waals surface area contributed by atoms with Crippen molar-refractivity contribution in [2.45, 2.75) is 57.5 Å². The zero-order chi connectivity index (χ0) is 15.0. The molecule has 0 spiro atoms. The number of hydrogen-bond donors (Lipinski definition) is 0. The summed E-state index contributed by atoms with van der Waals surface area (Å²) in [6.45, 7) is 3.94. The standard InChI is InChI=1S/C15H20O6/c1-3-4-5-6-15-12-10(7-18-14(12)17)13(20-9(2)16)11(21-15)8-19-15/h11,13H,3-8H2,1-2H3/t11-,13-,15-/m1/s1. The molecule has 0 aromatic carbocycles. The normalized spacial score (nSPS) is 33.9. The Morgan fingerprint density at radius 2 is 2.24 bits per heavy atom. The van der Waals surface area contributed by atoms with E-state index in [-0.39, 0.29) is 12.7 Å². The largest absolute Gasteiger partial charge is 0.457 e. The fourth-order valence-corrected chi connectivity index (χ4v) is 3.27. The van der Waals surface area contributed by atoms with Gasteiger partial charge in [-0.2, -0.15) is 0 Å². The first kappa shape index (κ1) is 14.5. The lowest BCUT2D eigenvalue weighted by Crippen LogP contribution is -2.45. The Morgan fingerprint density at radius 1 is 1.43 bits per heavy atom. The van der Waals surface area contributed by atoms with Crippen LogP contribution in [0.5, 0.6) is 0 Å². The summed E-state index contributed by atoms with van der Waals surface area (Å²) in [7, 11) is 0. The van der Waals surface area contributed by atoms with Gasteiger partial charge in [0.15, 0.2) is 6.10 Å². The third kappa shape index (κ3) is 2.36. The number of rotatable bonds is 5. The van der Waals surface area contributed by atoms with Gasteiger partial charge in [-0.15, -0.1) is 0 Å². The summed E-state index contributed by atoms with van der Waals surface area (Å²) in [5.41, 5.74) is 1.12. The first-order valence-corrected chi connectivity index (χ1v) is 7.47. The van der Waals surface area contributed by atoms with E-state index >= 15 is 0 Å². The number of esters is 2. The summed E-state index contributed by atoms with van der Waals surface area (Å²) in [6, 6.07) is 0. The van der Waals surface area contributed by atoms with Crippen molar-refractivity contribution >= 4 is 11.9 Å². The molecule has 6 heteroatoms. The minimum atomic E-state index is -1.00. The molecule has 2 bridgehead atoms. The van der Waals surface area contributed by atoms with Crippen LogP contribution in [0.25, 0.3) is 0 Å². The molecule has 1 saturated heterocycles. The molecule has 0 radical (unpaired) electrons. The van der Waals surface area contributed by atoms with E-state index < -0.39 is 23.8 Å². The lowest BCUT2D eigenvalue weighted by molar-refractivity contribution is -0.179. The van der Waals surface area contributed by atoms with E-state index in [0.717, 1.165) is 19.3 Å². The molecule has 1 fully saturated rings. The summed E-state index contributed by atoms with van der Waals surface area (Å²) in [5.74, 6) is -1.82. The molecule has 3 aliphatic heterocycles. The summed E-state index contributed by atoms with van der Waals surface area (Å²) >= 11 is 0. The number of hydrogen-bond acceptors (Lipinski definition) is 6. The van der Waals surface area contributed by atoms with Gasteiger partial charge in [0, 0.05) is 18.9 Å². The highest BCUT2D eigenvalue weighted by atomic mass is 16.8. The summed E-state index contributed by atoms with van der Waals surface area (Å²) in [4.78, 5) is 23.4. The van der Waals surface area contributed by atoms with E-state index in [0.29, 0.717) is 24.2 Å². The highest BCUT2D eigenvalue weighted by Crippen LogP contribution is 2.47. The van der Waals surface area contributed by atoms with Gasteiger partial charge in [0.2, 0.25) is 5.79 Å². The Kier molecular flexibility index (Phi) is 3.75. The van der Waals surface area contributed by atoms with E-state index in [9.17, 15) is 9.59 Å². The maximum absolute atomic E-state index is 12.1. The zero-order valence-corrected chi connectivity index (χ0v) is 12.3. The molecule has 0 aromatic rings. The van der Waals surface area contributed by atoms with Crippen LogP contribution in [0.15, 0.2) is 11.1 Å². The highest BCUT2D eigenvalue weighted by Gasteiger charge is 2.59. The maximum atomic E-state index is 12.1. The molecule has 0 saturated carbocycles. The van der Waals surface area contributed by atoms with Crippen molar-refractivity contribution in [1.29, 1.82) is 0 Å². The quantitative estimate of drug-likeness (QED) is 0.565. The molecule has 3 heterocycles. The van der Waals surface area contributed by atoms with Gasteiger partial charge in [0.1, 0.15) is 18.3 Å². The molecule has 21 heavy (non-hydrogen) atoms. The van der Waals surface area contributed by atoms with Gasteiger partial charge >= 0.3 is 11.9 Å². The Hall–Kier alpha value is -1.40. The Labute approximate surface area is 123 Å². The van der Waals surface area contributed by atoms with Gasteiger partial charge in [0.05, 0.1) is 6.61 Å². The smallest absolute Gasteiger partial charge is 0.340 e. The molecule has 3 atom stereocenters. The van der Waals surface area contributed by atoms with Gasteiger partial charge in [-0.3, -0.25) is 4.79 Å². The summed E-state index contributed by atoms with van der Waals surface area (Å²) in [5, 5.41) is 0. The Morgan fingerprint density at radius 3 is 2.95 bits per heavy atom. The van der Waals surface area contributed by atoms with Gasteiger partial charge in [0.25, 0.3) is 0 Å². The van der Waals surface area contributed by atoms with Crippen molar-refractivity contribution < 1.29 is 28.5 Å². The van der Waals surface area contributed by atoms with Crippen LogP contribution in [-0.4, -0.2) is 43.1 Å². The summed E-state index contributed by atoms with van der Waals surface area (Å²) < 4.78 is 22.3. The number of cyclic esters (lactones) is 1. The van der Waals surface area contributed by atoms with Crippen LogP contribution in [-0.2, 0) is 28.5 Å². The molecule has 0 amide bonds. The number of unbranched alkanes of at least 4 members (excludes halogenated alkanes) is 2. The van der Waals surface area contributed by atoms with Crippen molar-refractivity contribution in [3.8, 4) is 0 Å². The van der Waals surface area contributed by atoms with Gasteiger partial charge in [-0.1, -0.05) is 19.8 Å². The van der Waals surface area contributed by atoms with Crippen molar-refractivity contribution in [3.05, 3.63) is 11.1 Å². The fraction of sp³-hybridized carbons (Fsp3) is 0.733. The molecule has 3 rings (SSSR count). The minimum absolute atomic E-state index is 0.158. The second-order valence-corrected chi connectivity index (χ2v) is 5.68. The van der Waals surface area contributed by atoms with Crippen molar-refractivity contribution in [3.63, 3.8) is 0 Å². The van der Waals surface area contributed by atoms with Crippen LogP contribution in [0.4, 0.5) is 0 Å². The van der Waals surface area contributed by atoms with Crippen molar-refractivity contribution in [2.75, 3.05) is 13.2 Å². The second kappa shape index (κ2) is 5.42. The van der Waals surface area contributed by atoms with Gasteiger partial charge in [-0.25, -0.2) is 4.79 Å².